The van der Waals surface area contributed by atoms with Crippen molar-refractivity contribution in [1.82, 2.24) is 14.7 Å². The molecule has 0 N–H and O–H groups in total. The summed E-state index contributed by atoms with van der Waals surface area (Å²) < 4.78 is 26.6. The Morgan fingerprint density at radius 1 is 1.00 bits per heavy atom. The van der Waals surface area contributed by atoms with Gasteiger partial charge in [-0.3, -0.25) is 4.79 Å². The highest BCUT2D eigenvalue weighted by atomic mass is 19.1. The number of likely N-dealkylation sites (tertiary alicyclic amines) is 1. The average molecular weight is 421 g/mol. The molecule has 7 heteroatoms. The van der Waals surface area contributed by atoms with Crippen LogP contribution in [0.2, 0.25) is 0 Å². The SMILES string of the molecule is Cc1ccc(-c2nn(-c3ccc(F)cc3)cc2C(=O)N2CCC3(CC2)OCCO3)cc1. The molecule has 31 heavy (non-hydrogen) atoms. The third-order valence-corrected chi connectivity index (χ3v) is 5.99. The monoisotopic (exact) mass is 421 g/mol. The molecule has 6 nitrogen and oxygen atoms in total. The van der Waals surface area contributed by atoms with Crippen molar-refractivity contribution in [2.45, 2.75) is 25.6 Å². The molecule has 3 heterocycles. The number of aryl methyl sites for hydroxylation is 1. The van der Waals surface area contributed by atoms with Gasteiger partial charge in [0.1, 0.15) is 11.5 Å². The molecule has 0 radical (unpaired) electrons. The highest BCUT2D eigenvalue weighted by Crippen LogP contribution is 2.33. The van der Waals surface area contributed by atoms with Crippen molar-refractivity contribution >= 4 is 5.91 Å². The molecule has 0 saturated carbocycles. The predicted molar refractivity (Wildman–Crippen MR) is 113 cm³/mol. The molecular formula is C24H24FN3O3. The van der Waals surface area contributed by atoms with E-state index < -0.39 is 5.79 Å². The molecule has 2 fully saturated rings. The molecule has 2 saturated heterocycles. The van der Waals surface area contributed by atoms with Crippen LogP contribution in [0.25, 0.3) is 16.9 Å². The van der Waals surface area contributed by atoms with Gasteiger partial charge in [-0.1, -0.05) is 29.8 Å². The smallest absolute Gasteiger partial charge is 0.257 e. The summed E-state index contributed by atoms with van der Waals surface area (Å²) in [6.45, 7) is 4.36. The van der Waals surface area contributed by atoms with Gasteiger partial charge >= 0.3 is 0 Å². The summed E-state index contributed by atoms with van der Waals surface area (Å²) in [6.07, 6.45) is 3.05. The molecule has 0 aliphatic carbocycles. The van der Waals surface area contributed by atoms with E-state index in [4.69, 9.17) is 14.6 Å². The number of piperidine rings is 1. The summed E-state index contributed by atoms with van der Waals surface area (Å²) >= 11 is 0. The third-order valence-electron chi connectivity index (χ3n) is 5.99. The number of nitrogens with zero attached hydrogens (tertiary/aromatic N) is 3. The zero-order valence-corrected chi connectivity index (χ0v) is 17.4. The standard InChI is InChI=1S/C24H24FN3O3/c1-17-2-4-18(5-3-17)22-21(16-28(26-22)20-8-6-19(25)7-9-20)23(29)27-12-10-24(11-13-27)30-14-15-31-24/h2-9,16H,10-15H2,1H3. The maximum atomic E-state index is 13.5. The lowest BCUT2D eigenvalue weighted by Crippen LogP contribution is -2.47. The first-order valence-corrected chi connectivity index (χ1v) is 10.5. The maximum Gasteiger partial charge on any atom is 0.257 e. The van der Waals surface area contributed by atoms with Gasteiger partial charge in [0.05, 0.1) is 24.5 Å². The second-order valence-corrected chi connectivity index (χ2v) is 8.08. The summed E-state index contributed by atoms with van der Waals surface area (Å²) in [6, 6.07) is 14.0. The van der Waals surface area contributed by atoms with E-state index in [1.54, 1.807) is 23.0 Å². The summed E-state index contributed by atoms with van der Waals surface area (Å²) in [5.74, 6) is -0.921. The molecule has 2 aromatic carbocycles. The van der Waals surface area contributed by atoms with E-state index in [-0.39, 0.29) is 11.7 Å². The van der Waals surface area contributed by atoms with Crippen LogP contribution in [0.5, 0.6) is 0 Å². The Balaban J connectivity index is 1.48. The quantitative estimate of drug-likeness (QED) is 0.642. The van der Waals surface area contributed by atoms with Gasteiger partial charge in [0.25, 0.3) is 5.91 Å². The number of aromatic nitrogens is 2. The van der Waals surface area contributed by atoms with Gasteiger partial charge in [0, 0.05) is 37.7 Å². The Bertz CT molecular complexity index is 1080. The van der Waals surface area contributed by atoms with E-state index in [1.165, 1.54) is 12.1 Å². The number of halogens is 1. The number of carbonyl (C=O) groups excluding carboxylic acids is 1. The summed E-state index contributed by atoms with van der Waals surface area (Å²) in [5.41, 5.74) is 3.83. The van der Waals surface area contributed by atoms with Gasteiger partial charge in [-0.05, 0) is 31.2 Å². The van der Waals surface area contributed by atoms with Crippen LogP contribution in [0.3, 0.4) is 0 Å². The second kappa shape index (κ2) is 7.90. The number of benzene rings is 2. The van der Waals surface area contributed by atoms with Gasteiger partial charge < -0.3 is 14.4 Å². The van der Waals surface area contributed by atoms with Crippen molar-refractivity contribution < 1.29 is 18.7 Å². The normalized spacial score (nSPS) is 17.9. The molecule has 1 amide bonds. The summed E-state index contributed by atoms with van der Waals surface area (Å²) in [5, 5.41) is 4.69. The first-order valence-electron chi connectivity index (χ1n) is 10.5. The third kappa shape index (κ3) is 3.86. The molecule has 1 aromatic heterocycles. The maximum absolute atomic E-state index is 13.5. The first kappa shape index (κ1) is 19.9. The fraction of sp³-hybridized carbons (Fsp3) is 0.333. The van der Waals surface area contributed by atoms with Crippen molar-refractivity contribution in [1.29, 1.82) is 0 Å². The van der Waals surface area contributed by atoms with Crippen molar-refractivity contribution in [3.63, 3.8) is 0 Å². The van der Waals surface area contributed by atoms with Crippen LogP contribution >= 0.6 is 0 Å². The van der Waals surface area contributed by atoms with E-state index >= 15 is 0 Å². The van der Waals surface area contributed by atoms with Crippen LogP contribution in [-0.2, 0) is 9.47 Å². The molecular weight excluding hydrogens is 397 g/mol. The van der Waals surface area contributed by atoms with E-state index in [9.17, 15) is 9.18 Å². The largest absolute Gasteiger partial charge is 0.347 e. The lowest BCUT2D eigenvalue weighted by molar-refractivity contribution is -0.181. The topological polar surface area (TPSA) is 56.6 Å². The Kier molecular flexibility index (Phi) is 5.08. The molecule has 0 atom stereocenters. The van der Waals surface area contributed by atoms with E-state index in [0.717, 1.165) is 11.1 Å². The molecule has 2 aliphatic heterocycles. The first-order chi connectivity index (χ1) is 15.0. The van der Waals surface area contributed by atoms with E-state index in [0.29, 0.717) is 56.1 Å². The van der Waals surface area contributed by atoms with Crippen LogP contribution in [0.4, 0.5) is 4.39 Å². The predicted octanol–water partition coefficient (Wildman–Crippen LogP) is 3.97. The minimum Gasteiger partial charge on any atom is -0.347 e. The van der Waals surface area contributed by atoms with Crippen LogP contribution in [0.1, 0.15) is 28.8 Å². The van der Waals surface area contributed by atoms with Gasteiger partial charge in [0.2, 0.25) is 0 Å². The number of hydrogen-bond acceptors (Lipinski definition) is 4. The van der Waals surface area contributed by atoms with Gasteiger partial charge in [0.15, 0.2) is 5.79 Å². The van der Waals surface area contributed by atoms with Crippen molar-refractivity contribution in [3.05, 3.63) is 71.7 Å². The van der Waals surface area contributed by atoms with E-state index in [2.05, 4.69) is 0 Å². The number of carbonyl (C=O) groups is 1. The number of ether oxygens (including phenoxy) is 2. The highest BCUT2D eigenvalue weighted by Gasteiger charge is 2.41. The number of rotatable bonds is 3. The van der Waals surface area contributed by atoms with Gasteiger partial charge in [-0.2, -0.15) is 5.10 Å². The van der Waals surface area contributed by atoms with Gasteiger partial charge in [-0.15, -0.1) is 0 Å². The Hall–Kier alpha value is -3.03. The lowest BCUT2D eigenvalue weighted by Gasteiger charge is -2.37. The zero-order valence-electron chi connectivity index (χ0n) is 17.4. The number of amides is 1. The minimum atomic E-state index is -0.533. The molecule has 3 aromatic rings. The Labute approximate surface area is 180 Å². The molecule has 0 unspecified atom stereocenters. The zero-order chi connectivity index (χ0) is 21.4. The molecule has 5 rings (SSSR count). The lowest BCUT2D eigenvalue weighted by atomic mass is 10.0. The fourth-order valence-electron chi connectivity index (χ4n) is 4.19. The molecule has 0 bridgehead atoms. The van der Waals surface area contributed by atoms with Crippen LogP contribution in [0.15, 0.2) is 54.7 Å². The average Bonchev–Trinajstić information content (AvgIpc) is 3.43. The Morgan fingerprint density at radius 3 is 2.29 bits per heavy atom. The Morgan fingerprint density at radius 2 is 1.65 bits per heavy atom. The molecule has 2 aliphatic rings. The van der Waals surface area contributed by atoms with Crippen LogP contribution in [0, 0.1) is 12.7 Å². The van der Waals surface area contributed by atoms with Crippen molar-refractivity contribution in [2.75, 3.05) is 26.3 Å². The van der Waals surface area contributed by atoms with Crippen molar-refractivity contribution in [3.8, 4) is 16.9 Å². The highest BCUT2D eigenvalue weighted by molar-refractivity contribution is 6.00. The number of hydrogen-bond donors (Lipinski definition) is 0. The summed E-state index contributed by atoms with van der Waals surface area (Å²) in [4.78, 5) is 15.3. The van der Waals surface area contributed by atoms with Crippen molar-refractivity contribution in [2.24, 2.45) is 0 Å². The van der Waals surface area contributed by atoms with Crippen LogP contribution in [-0.4, -0.2) is 52.7 Å². The van der Waals surface area contributed by atoms with Crippen LogP contribution < -0.4 is 0 Å². The minimum absolute atomic E-state index is 0.0724. The molecule has 1 spiro atoms. The second-order valence-electron chi connectivity index (χ2n) is 8.08. The van der Waals surface area contributed by atoms with E-state index in [1.807, 2.05) is 36.1 Å². The molecule has 160 valence electrons. The van der Waals surface area contributed by atoms with Gasteiger partial charge in [-0.25, -0.2) is 9.07 Å². The summed E-state index contributed by atoms with van der Waals surface area (Å²) in [7, 11) is 0. The fourth-order valence-corrected chi connectivity index (χ4v) is 4.19.